The third kappa shape index (κ3) is 3.70. The quantitative estimate of drug-likeness (QED) is 0.645. The summed E-state index contributed by atoms with van der Waals surface area (Å²) in [5, 5.41) is 14.9. The number of amides is 2. The lowest BCUT2D eigenvalue weighted by Crippen LogP contribution is -2.43. The van der Waals surface area contributed by atoms with Gasteiger partial charge in [-0.25, -0.2) is 4.79 Å². The summed E-state index contributed by atoms with van der Waals surface area (Å²) in [6, 6.07) is -0.114. The Morgan fingerprint density at radius 1 is 1.33 bits per heavy atom. The van der Waals surface area contributed by atoms with Gasteiger partial charge >= 0.3 is 6.03 Å². The molecule has 1 fully saturated rings. The van der Waals surface area contributed by atoms with Crippen LogP contribution in [0.1, 0.15) is 39.0 Å². The predicted octanol–water partition coefficient (Wildman–Crippen LogP) is 1.25. The van der Waals surface area contributed by atoms with E-state index in [9.17, 15) is 9.90 Å². The Balaban J connectivity index is 2.25. The van der Waals surface area contributed by atoms with E-state index in [1.54, 1.807) is 0 Å². The monoisotopic (exact) mass is 214 g/mol. The van der Waals surface area contributed by atoms with Crippen molar-refractivity contribution in [1.82, 2.24) is 10.6 Å². The van der Waals surface area contributed by atoms with Crippen LogP contribution in [0.15, 0.2) is 0 Å². The third-order valence-corrected chi connectivity index (χ3v) is 3.16. The number of urea groups is 1. The van der Waals surface area contributed by atoms with Gasteiger partial charge in [-0.15, -0.1) is 0 Å². The van der Waals surface area contributed by atoms with Gasteiger partial charge in [0.1, 0.15) is 0 Å². The van der Waals surface area contributed by atoms with Crippen LogP contribution >= 0.6 is 0 Å². The number of aliphatic hydroxyl groups is 1. The highest BCUT2D eigenvalue weighted by Gasteiger charge is 2.33. The van der Waals surface area contributed by atoms with Crippen molar-refractivity contribution in [3.63, 3.8) is 0 Å². The van der Waals surface area contributed by atoms with Gasteiger partial charge < -0.3 is 15.7 Å². The van der Waals surface area contributed by atoms with E-state index in [2.05, 4.69) is 10.6 Å². The maximum atomic E-state index is 11.3. The molecule has 1 aliphatic rings. The summed E-state index contributed by atoms with van der Waals surface area (Å²) < 4.78 is 0. The molecule has 0 spiro atoms. The van der Waals surface area contributed by atoms with Gasteiger partial charge in [0.05, 0.1) is 6.61 Å². The van der Waals surface area contributed by atoms with Crippen molar-refractivity contribution in [2.45, 2.75) is 39.0 Å². The van der Waals surface area contributed by atoms with Crippen molar-refractivity contribution >= 4 is 6.03 Å². The van der Waals surface area contributed by atoms with Gasteiger partial charge in [-0.2, -0.15) is 0 Å². The minimum atomic E-state index is -0.114. The Labute approximate surface area is 91.4 Å². The van der Waals surface area contributed by atoms with Crippen molar-refractivity contribution in [3.05, 3.63) is 0 Å². The molecule has 4 nitrogen and oxygen atoms in total. The molecule has 1 rings (SSSR count). The molecule has 0 unspecified atom stereocenters. The highest BCUT2D eigenvalue weighted by atomic mass is 16.3. The lowest BCUT2D eigenvalue weighted by Gasteiger charge is -2.26. The number of aliphatic hydroxyl groups excluding tert-OH is 1. The first-order valence-electron chi connectivity index (χ1n) is 5.85. The average Bonchev–Trinajstić information content (AvgIpc) is 2.73. The van der Waals surface area contributed by atoms with Crippen LogP contribution in [0.25, 0.3) is 0 Å². The summed E-state index contributed by atoms with van der Waals surface area (Å²) in [7, 11) is 0. The summed E-state index contributed by atoms with van der Waals surface area (Å²) in [5.41, 5.74) is -0.0520. The van der Waals surface area contributed by atoms with Gasteiger partial charge in [-0.3, -0.25) is 0 Å². The Hall–Kier alpha value is -0.770. The Kier molecular flexibility index (Phi) is 4.88. The van der Waals surface area contributed by atoms with Gasteiger partial charge in [0.25, 0.3) is 0 Å². The Morgan fingerprint density at radius 2 is 2.00 bits per heavy atom. The highest BCUT2D eigenvalue weighted by molar-refractivity contribution is 5.73. The molecule has 0 aliphatic heterocycles. The molecule has 3 N–H and O–H groups in total. The summed E-state index contributed by atoms with van der Waals surface area (Å²) >= 11 is 0. The van der Waals surface area contributed by atoms with E-state index >= 15 is 0 Å². The van der Waals surface area contributed by atoms with Gasteiger partial charge in [0.15, 0.2) is 0 Å². The number of nitrogens with one attached hydrogen (secondary N) is 2. The molecule has 0 aromatic rings. The van der Waals surface area contributed by atoms with Crippen molar-refractivity contribution in [3.8, 4) is 0 Å². The molecule has 0 aromatic carbocycles. The van der Waals surface area contributed by atoms with Gasteiger partial charge in [0.2, 0.25) is 0 Å². The largest absolute Gasteiger partial charge is 0.396 e. The average molecular weight is 214 g/mol. The van der Waals surface area contributed by atoms with Crippen LogP contribution in [-0.4, -0.2) is 30.8 Å². The molecule has 88 valence electrons. The van der Waals surface area contributed by atoms with Crippen LogP contribution in [0.5, 0.6) is 0 Å². The zero-order valence-electron chi connectivity index (χ0n) is 9.51. The molecule has 15 heavy (non-hydrogen) atoms. The maximum Gasteiger partial charge on any atom is 0.314 e. The molecule has 0 saturated heterocycles. The summed E-state index contributed by atoms with van der Waals surface area (Å²) in [6.45, 7) is 3.50. The first-order valence-corrected chi connectivity index (χ1v) is 5.85. The molecule has 2 amide bonds. The molecule has 1 saturated carbocycles. The van der Waals surface area contributed by atoms with E-state index in [0.717, 1.165) is 19.3 Å². The fourth-order valence-electron chi connectivity index (χ4n) is 2.08. The first-order chi connectivity index (χ1) is 7.22. The smallest absolute Gasteiger partial charge is 0.314 e. The van der Waals surface area contributed by atoms with Crippen LogP contribution in [-0.2, 0) is 0 Å². The van der Waals surface area contributed by atoms with Gasteiger partial charge in [0, 0.05) is 18.5 Å². The lowest BCUT2D eigenvalue weighted by atomic mass is 9.87. The molecular formula is C11H22N2O2. The van der Waals surface area contributed by atoms with E-state index in [4.69, 9.17) is 0 Å². The molecule has 0 bridgehead atoms. The SMILES string of the molecule is CCCNC(=O)NCC1(CO)CCCC1. The van der Waals surface area contributed by atoms with E-state index in [-0.39, 0.29) is 18.1 Å². The number of carbonyl (C=O) groups is 1. The van der Waals surface area contributed by atoms with E-state index in [1.807, 2.05) is 6.92 Å². The molecule has 1 aliphatic carbocycles. The zero-order chi connectivity index (χ0) is 11.1. The van der Waals surface area contributed by atoms with Crippen LogP contribution < -0.4 is 10.6 Å². The van der Waals surface area contributed by atoms with Gasteiger partial charge in [-0.05, 0) is 19.3 Å². The normalized spacial score (nSPS) is 18.8. The molecule has 0 radical (unpaired) electrons. The Bertz CT molecular complexity index is 201. The number of carbonyl (C=O) groups excluding carboxylic acids is 1. The standard InChI is InChI=1S/C11H22N2O2/c1-2-7-12-10(15)13-8-11(9-14)5-3-4-6-11/h14H,2-9H2,1H3,(H2,12,13,15). The Morgan fingerprint density at radius 3 is 2.53 bits per heavy atom. The molecule has 0 aromatic heterocycles. The highest BCUT2D eigenvalue weighted by Crippen LogP contribution is 2.36. The number of hydrogen-bond donors (Lipinski definition) is 3. The van der Waals surface area contributed by atoms with Crippen LogP contribution in [0.3, 0.4) is 0 Å². The summed E-state index contributed by atoms with van der Waals surface area (Å²) in [5.74, 6) is 0. The number of rotatable bonds is 5. The van der Waals surface area contributed by atoms with E-state index in [1.165, 1.54) is 12.8 Å². The van der Waals surface area contributed by atoms with Crippen LogP contribution in [0, 0.1) is 5.41 Å². The van der Waals surface area contributed by atoms with Crippen LogP contribution in [0.2, 0.25) is 0 Å². The fourth-order valence-corrected chi connectivity index (χ4v) is 2.08. The molecule has 4 heteroatoms. The minimum Gasteiger partial charge on any atom is -0.396 e. The lowest BCUT2D eigenvalue weighted by molar-refractivity contribution is 0.130. The second-order valence-electron chi connectivity index (χ2n) is 4.47. The van der Waals surface area contributed by atoms with Crippen LogP contribution in [0.4, 0.5) is 4.79 Å². The number of hydrogen-bond acceptors (Lipinski definition) is 2. The molecule has 0 heterocycles. The summed E-state index contributed by atoms with van der Waals surface area (Å²) in [6.07, 6.45) is 5.32. The van der Waals surface area contributed by atoms with E-state index < -0.39 is 0 Å². The van der Waals surface area contributed by atoms with Crippen molar-refractivity contribution in [1.29, 1.82) is 0 Å². The predicted molar refractivity (Wildman–Crippen MR) is 59.7 cm³/mol. The maximum absolute atomic E-state index is 11.3. The minimum absolute atomic E-state index is 0.0520. The topological polar surface area (TPSA) is 61.4 Å². The zero-order valence-corrected chi connectivity index (χ0v) is 9.51. The summed E-state index contributed by atoms with van der Waals surface area (Å²) in [4.78, 5) is 11.3. The second kappa shape index (κ2) is 5.95. The molecular weight excluding hydrogens is 192 g/mol. The van der Waals surface area contributed by atoms with Crippen molar-refractivity contribution in [2.24, 2.45) is 5.41 Å². The molecule has 0 atom stereocenters. The van der Waals surface area contributed by atoms with E-state index in [0.29, 0.717) is 13.1 Å². The van der Waals surface area contributed by atoms with Crippen molar-refractivity contribution in [2.75, 3.05) is 19.7 Å². The third-order valence-electron chi connectivity index (χ3n) is 3.16. The van der Waals surface area contributed by atoms with Crippen molar-refractivity contribution < 1.29 is 9.90 Å². The fraction of sp³-hybridized carbons (Fsp3) is 0.909. The second-order valence-corrected chi connectivity index (χ2v) is 4.47. The van der Waals surface area contributed by atoms with Gasteiger partial charge in [-0.1, -0.05) is 19.8 Å². The first kappa shape index (κ1) is 12.3.